The molecule has 1 aromatic heterocycles. The number of carbonyl (C=O) groups is 2. The first-order valence-corrected chi connectivity index (χ1v) is 13.2. The molecule has 0 spiro atoms. The van der Waals surface area contributed by atoms with Crippen LogP contribution >= 0.6 is 23.2 Å². The van der Waals surface area contributed by atoms with Crippen molar-refractivity contribution in [3.63, 3.8) is 0 Å². The molecule has 0 radical (unpaired) electrons. The molecule has 2 atom stereocenters. The summed E-state index contributed by atoms with van der Waals surface area (Å²) in [7, 11) is 0. The van der Waals surface area contributed by atoms with Crippen LogP contribution in [0, 0.1) is 0 Å². The summed E-state index contributed by atoms with van der Waals surface area (Å²) in [5.41, 5.74) is 2.85. The first-order chi connectivity index (χ1) is 18.4. The molecule has 1 saturated carbocycles. The van der Waals surface area contributed by atoms with E-state index >= 15 is 0 Å². The average Bonchev–Trinajstić information content (AvgIpc) is 3.41. The summed E-state index contributed by atoms with van der Waals surface area (Å²) in [6.07, 6.45) is 3.15. The van der Waals surface area contributed by atoms with Gasteiger partial charge in [-0.2, -0.15) is 13.2 Å². The number of carboxylic acids is 1. The third-order valence-electron chi connectivity index (χ3n) is 6.98. The molecule has 2 N–H and O–H groups in total. The number of benzene rings is 2. The smallest absolute Gasteiger partial charge is 0.475 e. The molecule has 1 heterocycles. The molecular weight excluding hydrogens is 552 g/mol. The van der Waals surface area contributed by atoms with Gasteiger partial charge in [0.2, 0.25) is 5.91 Å². The van der Waals surface area contributed by atoms with Gasteiger partial charge in [0.05, 0.1) is 5.41 Å². The lowest BCUT2D eigenvalue weighted by atomic mass is 9.78. The van der Waals surface area contributed by atoms with Crippen LogP contribution in [0.3, 0.4) is 0 Å². The fraction of sp³-hybridized carbons (Fsp3) is 0.345. The van der Waals surface area contributed by atoms with Gasteiger partial charge in [0.1, 0.15) is 0 Å². The Morgan fingerprint density at radius 1 is 1.00 bits per heavy atom. The standard InChI is InChI=1S/C27H28Cl2N2O.C2HF3O2/c1-19(31-26(32)27(14-2-3-15-27)22-5-4-16-30-18-22)25(21-8-12-24(29)13-9-21)17-20-6-10-23(28)11-7-20;3-2(4,5)1(6)7/h4-13,16,18-19,25H,2-3,14-15,17H2,1H3,(H,31,32);(H,6,7). The van der Waals surface area contributed by atoms with Crippen molar-refractivity contribution < 1.29 is 27.9 Å². The molecule has 1 amide bonds. The lowest BCUT2D eigenvalue weighted by Crippen LogP contribution is -2.48. The Morgan fingerprint density at radius 2 is 1.54 bits per heavy atom. The third-order valence-corrected chi connectivity index (χ3v) is 7.48. The van der Waals surface area contributed by atoms with Gasteiger partial charge >= 0.3 is 12.1 Å². The largest absolute Gasteiger partial charge is 0.490 e. The Hall–Kier alpha value is -3.10. The SMILES string of the molecule is CC(NC(=O)C1(c2cccnc2)CCCC1)C(Cc1ccc(Cl)cc1)c1ccc(Cl)cc1.O=C(O)C(F)(F)F. The van der Waals surface area contributed by atoms with E-state index in [-0.39, 0.29) is 17.9 Å². The summed E-state index contributed by atoms with van der Waals surface area (Å²) in [5.74, 6) is -2.55. The number of alkyl halides is 3. The first-order valence-electron chi connectivity index (χ1n) is 12.4. The van der Waals surface area contributed by atoms with E-state index in [0.29, 0.717) is 5.02 Å². The summed E-state index contributed by atoms with van der Waals surface area (Å²) < 4.78 is 31.7. The number of hydrogen-bond donors (Lipinski definition) is 2. The highest BCUT2D eigenvalue weighted by Crippen LogP contribution is 2.41. The van der Waals surface area contributed by atoms with E-state index in [1.54, 1.807) is 6.20 Å². The number of aliphatic carboxylic acids is 1. The molecule has 4 rings (SSSR count). The van der Waals surface area contributed by atoms with Crippen LogP contribution in [0.4, 0.5) is 13.2 Å². The molecule has 2 aromatic carbocycles. The van der Waals surface area contributed by atoms with Gasteiger partial charge in [-0.1, -0.05) is 66.4 Å². The number of carboxylic acid groups (broad SMARTS) is 1. The van der Waals surface area contributed by atoms with Gasteiger partial charge in [-0.25, -0.2) is 4.79 Å². The molecule has 1 fully saturated rings. The number of aromatic nitrogens is 1. The summed E-state index contributed by atoms with van der Waals surface area (Å²) in [5, 5.41) is 11.9. The topological polar surface area (TPSA) is 79.3 Å². The van der Waals surface area contributed by atoms with E-state index in [1.807, 2.05) is 54.7 Å². The Morgan fingerprint density at radius 3 is 2.03 bits per heavy atom. The predicted octanol–water partition coefficient (Wildman–Crippen LogP) is 7.36. The predicted molar refractivity (Wildman–Crippen MR) is 145 cm³/mol. The van der Waals surface area contributed by atoms with Gasteiger partial charge in [0, 0.05) is 34.4 Å². The van der Waals surface area contributed by atoms with Crippen molar-refractivity contribution in [2.24, 2.45) is 0 Å². The van der Waals surface area contributed by atoms with Crippen molar-refractivity contribution >= 4 is 35.1 Å². The third kappa shape index (κ3) is 8.19. The highest BCUT2D eigenvalue weighted by molar-refractivity contribution is 6.30. The summed E-state index contributed by atoms with van der Waals surface area (Å²) in [4.78, 5) is 26.9. The summed E-state index contributed by atoms with van der Waals surface area (Å²) in [6, 6.07) is 19.7. The Balaban J connectivity index is 0.000000532. The van der Waals surface area contributed by atoms with E-state index < -0.39 is 17.6 Å². The first kappa shape index (κ1) is 30.4. The molecule has 0 aliphatic heterocycles. The van der Waals surface area contributed by atoms with Crippen molar-refractivity contribution in [1.29, 1.82) is 0 Å². The molecule has 10 heteroatoms. The van der Waals surface area contributed by atoms with E-state index in [0.717, 1.165) is 48.3 Å². The minimum Gasteiger partial charge on any atom is -0.475 e. The van der Waals surface area contributed by atoms with Gasteiger partial charge < -0.3 is 10.4 Å². The number of amides is 1. The second-order valence-corrected chi connectivity index (χ2v) is 10.5. The van der Waals surface area contributed by atoms with Crippen molar-refractivity contribution in [1.82, 2.24) is 10.3 Å². The molecule has 1 aliphatic carbocycles. The van der Waals surface area contributed by atoms with Gasteiger partial charge in [-0.3, -0.25) is 9.78 Å². The number of halogens is 5. The quantitative estimate of drug-likeness (QED) is 0.306. The zero-order valence-corrected chi connectivity index (χ0v) is 22.7. The number of nitrogens with one attached hydrogen (secondary N) is 1. The van der Waals surface area contributed by atoms with E-state index in [1.165, 1.54) is 5.56 Å². The van der Waals surface area contributed by atoms with Crippen molar-refractivity contribution in [3.8, 4) is 0 Å². The Labute approximate surface area is 235 Å². The summed E-state index contributed by atoms with van der Waals surface area (Å²) in [6.45, 7) is 2.10. The highest BCUT2D eigenvalue weighted by Gasteiger charge is 2.43. The Bertz CT molecular complexity index is 1230. The molecule has 5 nitrogen and oxygen atoms in total. The molecule has 39 heavy (non-hydrogen) atoms. The van der Waals surface area contributed by atoms with Gasteiger partial charge in [-0.05, 0) is 73.2 Å². The number of nitrogens with zero attached hydrogens (tertiary/aromatic N) is 1. The molecule has 2 unspecified atom stereocenters. The fourth-order valence-electron chi connectivity index (χ4n) is 4.88. The number of pyridine rings is 1. The summed E-state index contributed by atoms with van der Waals surface area (Å²) >= 11 is 12.2. The van der Waals surface area contributed by atoms with Crippen LogP contribution in [0.5, 0.6) is 0 Å². The van der Waals surface area contributed by atoms with Crippen molar-refractivity contribution in [3.05, 3.63) is 99.8 Å². The highest BCUT2D eigenvalue weighted by atomic mass is 35.5. The maximum absolute atomic E-state index is 13.7. The molecule has 208 valence electrons. The minimum atomic E-state index is -5.08. The van der Waals surface area contributed by atoms with Crippen LogP contribution in [-0.2, 0) is 21.4 Å². The fourth-order valence-corrected chi connectivity index (χ4v) is 5.14. The van der Waals surface area contributed by atoms with Crippen LogP contribution in [0.15, 0.2) is 73.1 Å². The lowest BCUT2D eigenvalue weighted by Gasteiger charge is -2.32. The molecule has 1 aliphatic rings. The van der Waals surface area contributed by atoms with E-state index in [2.05, 4.69) is 29.4 Å². The van der Waals surface area contributed by atoms with Gasteiger partial charge in [0.15, 0.2) is 0 Å². The van der Waals surface area contributed by atoms with Crippen LogP contribution < -0.4 is 5.32 Å². The number of rotatable bonds is 7. The molecule has 0 saturated heterocycles. The second-order valence-electron chi connectivity index (χ2n) is 9.58. The van der Waals surface area contributed by atoms with Crippen LogP contribution in [0.1, 0.15) is 55.2 Å². The van der Waals surface area contributed by atoms with Crippen molar-refractivity contribution in [2.45, 2.75) is 62.6 Å². The van der Waals surface area contributed by atoms with E-state index in [9.17, 15) is 18.0 Å². The molecular formula is C29H29Cl2F3N2O3. The molecule has 3 aromatic rings. The van der Waals surface area contributed by atoms with Crippen molar-refractivity contribution in [2.75, 3.05) is 0 Å². The second kappa shape index (κ2) is 13.3. The average molecular weight is 581 g/mol. The maximum atomic E-state index is 13.7. The monoisotopic (exact) mass is 580 g/mol. The maximum Gasteiger partial charge on any atom is 0.490 e. The zero-order chi connectivity index (χ0) is 28.6. The van der Waals surface area contributed by atoms with Gasteiger partial charge in [-0.15, -0.1) is 0 Å². The van der Waals surface area contributed by atoms with Crippen LogP contribution in [0.25, 0.3) is 0 Å². The number of carbonyl (C=O) groups excluding carboxylic acids is 1. The van der Waals surface area contributed by atoms with Gasteiger partial charge in [0.25, 0.3) is 0 Å². The Kier molecular flexibility index (Phi) is 10.4. The van der Waals surface area contributed by atoms with E-state index in [4.69, 9.17) is 33.1 Å². The molecule has 0 bridgehead atoms. The minimum absolute atomic E-state index is 0.0616. The zero-order valence-electron chi connectivity index (χ0n) is 21.2. The van der Waals surface area contributed by atoms with Crippen LogP contribution in [0.2, 0.25) is 10.0 Å². The van der Waals surface area contributed by atoms with Crippen LogP contribution in [-0.4, -0.2) is 34.2 Å². The lowest BCUT2D eigenvalue weighted by molar-refractivity contribution is -0.192. The number of hydrogen-bond acceptors (Lipinski definition) is 3. The normalized spacial score (nSPS) is 15.9.